The fourth-order valence-electron chi connectivity index (χ4n) is 1.61. The van der Waals surface area contributed by atoms with Gasteiger partial charge in [-0.15, -0.1) is 0 Å². The highest BCUT2D eigenvalue weighted by Gasteiger charge is 2.23. The smallest absolute Gasteiger partial charge is 0.173 e. The van der Waals surface area contributed by atoms with E-state index in [-0.39, 0.29) is 12.2 Å². The van der Waals surface area contributed by atoms with Crippen LogP contribution < -0.4 is 15.2 Å². The van der Waals surface area contributed by atoms with Crippen molar-refractivity contribution in [1.82, 2.24) is 0 Å². The molecule has 0 aliphatic carbocycles. The summed E-state index contributed by atoms with van der Waals surface area (Å²) >= 11 is 5.99. The number of benzene rings is 1. The molecule has 2 N–H and O–H groups in total. The second-order valence-electron chi connectivity index (χ2n) is 3.41. The Hall–Kier alpha value is -1.26. The van der Waals surface area contributed by atoms with Gasteiger partial charge in [0.15, 0.2) is 17.3 Å². The largest absolute Gasteiger partial charge is 0.486 e. The van der Waals surface area contributed by atoms with Crippen molar-refractivity contribution in [2.75, 3.05) is 19.8 Å². The van der Waals surface area contributed by atoms with Crippen LogP contribution >= 0.6 is 11.6 Å². The normalized spacial score (nSPS) is 13.6. The Balaban J connectivity index is 2.45. The topological polar surface area (TPSA) is 61.6 Å². The zero-order valence-corrected chi connectivity index (χ0v) is 9.42. The van der Waals surface area contributed by atoms with Gasteiger partial charge < -0.3 is 15.2 Å². The third-order valence-electron chi connectivity index (χ3n) is 2.31. The van der Waals surface area contributed by atoms with Gasteiger partial charge in [-0.05, 0) is 18.7 Å². The number of hydrogen-bond acceptors (Lipinski definition) is 4. The molecule has 1 aliphatic rings. The third-order valence-corrected chi connectivity index (χ3v) is 2.62. The molecule has 86 valence electrons. The SMILES string of the molecule is NCCC(=O)c1c(Cl)ccc2c1OCCO2. The first kappa shape index (κ1) is 11.2. The number of rotatable bonds is 3. The van der Waals surface area contributed by atoms with Crippen molar-refractivity contribution in [2.24, 2.45) is 5.73 Å². The van der Waals surface area contributed by atoms with E-state index in [1.165, 1.54) is 0 Å². The van der Waals surface area contributed by atoms with Crippen LogP contribution in [0, 0.1) is 0 Å². The van der Waals surface area contributed by atoms with E-state index in [2.05, 4.69) is 0 Å². The number of ketones is 1. The Morgan fingerprint density at radius 3 is 2.88 bits per heavy atom. The molecule has 0 fully saturated rings. The zero-order chi connectivity index (χ0) is 11.5. The van der Waals surface area contributed by atoms with E-state index in [9.17, 15) is 4.79 Å². The molecule has 4 nitrogen and oxygen atoms in total. The van der Waals surface area contributed by atoms with Gasteiger partial charge in [-0.1, -0.05) is 11.6 Å². The van der Waals surface area contributed by atoms with E-state index in [1.54, 1.807) is 12.1 Å². The van der Waals surface area contributed by atoms with Crippen LogP contribution in [0.5, 0.6) is 11.5 Å². The van der Waals surface area contributed by atoms with Gasteiger partial charge in [-0.25, -0.2) is 0 Å². The molecule has 1 aromatic rings. The summed E-state index contributed by atoms with van der Waals surface area (Å²) in [7, 11) is 0. The lowest BCUT2D eigenvalue weighted by Gasteiger charge is -2.21. The molecule has 0 amide bonds. The molecule has 0 atom stereocenters. The van der Waals surface area contributed by atoms with E-state index < -0.39 is 0 Å². The summed E-state index contributed by atoms with van der Waals surface area (Å²) in [5, 5.41) is 0.378. The standard InChI is InChI=1S/C11H12ClNO3/c12-7-1-2-9-11(16-6-5-15-9)10(7)8(14)3-4-13/h1-2H,3-6,13H2. The first-order valence-electron chi connectivity index (χ1n) is 5.05. The lowest BCUT2D eigenvalue weighted by Crippen LogP contribution is -2.19. The minimum absolute atomic E-state index is 0.116. The molecular weight excluding hydrogens is 230 g/mol. The molecule has 5 heteroatoms. The average Bonchev–Trinajstić information content (AvgIpc) is 2.29. The van der Waals surface area contributed by atoms with Crippen molar-refractivity contribution >= 4 is 17.4 Å². The van der Waals surface area contributed by atoms with Gasteiger partial charge in [0.2, 0.25) is 0 Å². The first-order chi connectivity index (χ1) is 7.74. The van der Waals surface area contributed by atoms with Crippen molar-refractivity contribution < 1.29 is 14.3 Å². The number of hydrogen-bond donors (Lipinski definition) is 1. The number of fused-ring (bicyclic) bond motifs is 1. The maximum absolute atomic E-state index is 11.8. The fraction of sp³-hybridized carbons (Fsp3) is 0.364. The monoisotopic (exact) mass is 241 g/mol. The van der Waals surface area contributed by atoms with Crippen molar-refractivity contribution in [3.8, 4) is 11.5 Å². The van der Waals surface area contributed by atoms with E-state index >= 15 is 0 Å². The van der Waals surface area contributed by atoms with Gasteiger partial charge >= 0.3 is 0 Å². The predicted octanol–water partition coefficient (Wildman–Crippen LogP) is 1.64. The molecule has 0 radical (unpaired) electrons. The predicted molar refractivity (Wildman–Crippen MR) is 60.4 cm³/mol. The van der Waals surface area contributed by atoms with E-state index in [0.717, 1.165) is 0 Å². The molecule has 1 heterocycles. The van der Waals surface area contributed by atoms with E-state index in [0.29, 0.717) is 41.8 Å². The summed E-state index contributed by atoms with van der Waals surface area (Å²) in [4.78, 5) is 11.8. The Morgan fingerprint density at radius 1 is 1.38 bits per heavy atom. The first-order valence-corrected chi connectivity index (χ1v) is 5.43. The summed E-state index contributed by atoms with van der Waals surface area (Å²) in [6.45, 7) is 1.20. The number of ether oxygens (including phenoxy) is 2. The maximum atomic E-state index is 11.8. The number of nitrogens with two attached hydrogens (primary N) is 1. The minimum Gasteiger partial charge on any atom is -0.486 e. The van der Waals surface area contributed by atoms with Crippen LogP contribution in [0.3, 0.4) is 0 Å². The van der Waals surface area contributed by atoms with Crippen LogP contribution in [0.2, 0.25) is 5.02 Å². The van der Waals surface area contributed by atoms with Crippen molar-refractivity contribution in [3.05, 3.63) is 22.7 Å². The van der Waals surface area contributed by atoms with Gasteiger partial charge in [0.05, 0.1) is 10.6 Å². The second-order valence-corrected chi connectivity index (χ2v) is 3.82. The summed E-state index contributed by atoms with van der Waals surface area (Å²) in [5.41, 5.74) is 5.74. The number of carbonyl (C=O) groups is 1. The van der Waals surface area contributed by atoms with Gasteiger partial charge in [0.25, 0.3) is 0 Å². The van der Waals surface area contributed by atoms with E-state index in [1.807, 2.05) is 0 Å². The summed E-state index contributed by atoms with van der Waals surface area (Å²) in [6, 6.07) is 3.34. The highest BCUT2D eigenvalue weighted by Crippen LogP contribution is 2.38. The molecule has 0 aromatic heterocycles. The average molecular weight is 242 g/mol. The lowest BCUT2D eigenvalue weighted by atomic mass is 10.1. The van der Waals surface area contributed by atoms with Gasteiger partial charge in [-0.2, -0.15) is 0 Å². The van der Waals surface area contributed by atoms with Crippen LogP contribution in [0.15, 0.2) is 12.1 Å². The second kappa shape index (κ2) is 4.72. The molecule has 1 aliphatic heterocycles. The highest BCUT2D eigenvalue weighted by atomic mass is 35.5. The van der Waals surface area contributed by atoms with Gasteiger partial charge in [0, 0.05) is 6.42 Å². The van der Waals surface area contributed by atoms with Crippen molar-refractivity contribution in [2.45, 2.75) is 6.42 Å². The summed E-state index contributed by atoms with van der Waals surface area (Å²) < 4.78 is 10.8. The van der Waals surface area contributed by atoms with Crippen LogP contribution in [0.25, 0.3) is 0 Å². The van der Waals surface area contributed by atoms with Crippen LogP contribution in [0.1, 0.15) is 16.8 Å². The molecule has 0 saturated heterocycles. The quantitative estimate of drug-likeness (QED) is 0.818. The Kier molecular flexibility index (Phi) is 3.31. The fourth-order valence-corrected chi connectivity index (χ4v) is 1.86. The Bertz CT molecular complexity index is 420. The van der Waals surface area contributed by atoms with Crippen molar-refractivity contribution in [3.63, 3.8) is 0 Å². The Morgan fingerprint density at radius 2 is 2.12 bits per heavy atom. The zero-order valence-electron chi connectivity index (χ0n) is 8.66. The number of halogens is 1. The van der Waals surface area contributed by atoms with Gasteiger partial charge in [-0.3, -0.25) is 4.79 Å². The lowest BCUT2D eigenvalue weighted by molar-refractivity contribution is 0.0974. The molecule has 1 aromatic carbocycles. The highest BCUT2D eigenvalue weighted by molar-refractivity contribution is 6.34. The number of Topliss-reactive ketones (excluding diaryl/α,β-unsaturated/α-hetero) is 1. The molecule has 2 rings (SSSR count). The van der Waals surface area contributed by atoms with Crippen LogP contribution in [0.4, 0.5) is 0 Å². The molecule has 0 bridgehead atoms. The third kappa shape index (κ3) is 1.99. The Labute approximate surface area is 98.3 Å². The minimum atomic E-state index is -0.116. The van der Waals surface area contributed by atoms with E-state index in [4.69, 9.17) is 26.8 Å². The van der Waals surface area contributed by atoms with Gasteiger partial charge in [0.1, 0.15) is 13.2 Å². The molecule has 0 saturated carbocycles. The van der Waals surface area contributed by atoms with Crippen LogP contribution in [-0.4, -0.2) is 25.5 Å². The number of carbonyl (C=O) groups excluding carboxylic acids is 1. The maximum Gasteiger partial charge on any atom is 0.173 e. The summed E-state index contributed by atoms with van der Waals surface area (Å²) in [6.07, 6.45) is 0.250. The molecule has 0 unspecified atom stereocenters. The molecule has 0 spiro atoms. The molecular formula is C11H12ClNO3. The molecule has 16 heavy (non-hydrogen) atoms. The summed E-state index contributed by atoms with van der Waals surface area (Å²) in [5.74, 6) is 0.892. The van der Waals surface area contributed by atoms with Crippen LogP contribution in [-0.2, 0) is 0 Å². The van der Waals surface area contributed by atoms with Crippen molar-refractivity contribution in [1.29, 1.82) is 0 Å².